The van der Waals surface area contributed by atoms with E-state index in [1.807, 2.05) is 19.0 Å². The molecule has 3 N–H and O–H groups in total. The van der Waals surface area contributed by atoms with Crippen molar-refractivity contribution in [2.24, 2.45) is 0 Å². The fourth-order valence-corrected chi connectivity index (χ4v) is 2.57. The van der Waals surface area contributed by atoms with Crippen molar-refractivity contribution in [2.45, 2.75) is 12.5 Å². The minimum absolute atomic E-state index is 0.0267. The van der Waals surface area contributed by atoms with Crippen molar-refractivity contribution >= 4 is 24.6 Å². The van der Waals surface area contributed by atoms with E-state index in [0.717, 1.165) is 0 Å². The van der Waals surface area contributed by atoms with Gasteiger partial charge in [-0.3, -0.25) is 4.57 Å². The largest absolute Gasteiger partial charge is 0.396 e. The standard InChI is InChI=1S/C12H20N5O5P/c1-16(2)12-10-11(13-6-14-12)15-7-17(10)9(3-4-18)5-22-8-23(19,20)21/h6-7,9,18H,3-5,8H2,1-2H3,(H2,19,20,21). The molecule has 2 aromatic rings. The van der Waals surface area contributed by atoms with Gasteiger partial charge in [0.1, 0.15) is 18.2 Å². The zero-order chi connectivity index (χ0) is 17.0. The predicted molar refractivity (Wildman–Crippen MR) is 83.3 cm³/mol. The number of aliphatic hydroxyl groups excluding tert-OH is 1. The van der Waals surface area contributed by atoms with E-state index < -0.39 is 13.9 Å². The summed E-state index contributed by atoms with van der Waals surface area (Å²) in [5.74, 6) is 0.658. The van der Waals surface area contributed by atoms with Crippen molar-refractivity contribution in [3.8, 4) is 0 Å². The number of ether oxygens (including phenoxy) is 1. The molecule has 0 aliphatic rings. The molecule has 0 saturated heterocycles. The Hall–Kier alpha value is -1.58. The van der Waals surface area contributed by atoms with Crippen LogP contribution in [-0.4, -0.2) is 68.1 Å². The lowest BCUT2D eigenvalue weighted by Crippen LogP contribution is -2.19. The van der Waals surface area contributed by atoms with Gasteiger partial charge in [-0.1, -0.05) is 0 Å². The van der Waals surface area contributed by atoms with Crippen molar-refractivity contribution in [2.75, 3.05) is 38.6 Å². The highest BCUT2D eigenvalue weighted by atomic mass is 31.2. The first kappa shape index (κ1) is 17.8. The van der Waals surface area contributed by atoms with Gasteiger partial charge in [-0.05, 0) is 6.42 Å². The van der Waals surface area contributed by atoms with Crippen LogP contribution in [0, 0.1) is 0 Å². The molecule has 0 spiro atoms. The zero-order valence-electron chi connectivity index (χ0n) is 12.9. The minimum atomic E-state index is -4.23. The van der Waals surface area contributed by atoms with E-state index in [-0.39, 0.29) is 19.3 Å². The molecule has 0 aromatic carbocycles. The van der Waals surface area contributed by atoms with Crippen LogP contribution in [-0.2, 0) is 9.30 Å². The maximum Gasteiger partial charge on any atom is 0.350 e. The smallest absolute Gasteiger partial charge is 0.350 e. The number of aromatic nitrogens is 4. The van der Waals surface area contributed by atoms with Crippen LogP contribution in [0.5, 0.6) is 0 Å². The maximum absolute atomic E-state index is 10.9. The fourth-order valence-electron chi connectivity index (χ4n) is 2.22. The fraction of sp³-hybridized carbons (Fsp3) is 0.583. The van der Waals surface area contributed by atoms with Crippen LogP contribution in [0.25, 0.3) is 11.2 Å². The summed E-state index contributed by atoms with van der Waals surface area (Å²) < 4.78 is 17.8. The molecule has 1 unspecified atom stereocenters. The number of imidazole rings is 1. The lowest BCUT2D eigenvalue weighted by Gasteiger charge is -2.21. The van der Waals surface area contributed by atoms with Gasteiger partial charge in [0.2, 0.25) is 0 Å². The summed E-state index contributed by atoms with van der Waals surface area (Å²) in [5.41, 5.74) is 1.18. The monoisotopic (exact) mass is 345 g/mol. The van der Waals surface area contributed by atoms with Gasteiger partial charge in [-0.25, -0.2) is 15.0 Å². The summed E-state index contributed by atoms with van der Waals surface area (Å²) in [5, 5.41) is 9.26. The molecule has 0 radical (unpaired) electrons. The highest BCUT2D eigenvalue weighted by Gasteiger charge is 2.20. The first-order valence-electron chi connectivity index (χ1n) is 6.91. The molecule has 1 atom stereocenters. The lowest BCUT2D eigenvalue weighted by atomic mass is 10.2. The van der Waals surface area contributed by atoms with E-state index in [1.165, 1.54) is 6.33 Å². The summed E-state index contributed by atoms with van der Waals surface area (Å²) in [6.07, 6.45) is 2.65. The van der Waals surface area contributed by atoms with Gasteiger partial charge in [-0.2, -0.15) is 0 Å². The summed E-state index contributed by atoms with van der Waals surface area (Å²) in [7, 11) is -0.558. The average Bonchev–Trinajstić information content (AvgIpc) is 2.88. The molecule has 2 rings (SSSR count). The van der Waals surface area contributed by atoms with E-state index in [4.69, 9.17) is 14.5 Å². The Morgan fingerprint density at radius 3 is 2.70 bits per heavy atom. The van der Waals surface area contributed by atoms with Gasteiger partial charge in [0.25, 0.3) is 0 Å². The van der Waals surface area contributed by atoms with Crippen LogP contribution in [0.15, 0.2) is 12.7 Å². The number of nitrogens with zero attached hydrogens (tertiary/aromatic N) is 5. The van der Waals surface area contributed by atoms with Crippen molar-refractivity contribution in [1.82, 2.24) is 19.5 Å². The molecule has 23 heavy (non-hydrogen) atoms. The summed E-state index contributed by atoms with van der Waals surface area (Å²) in [6.45, 7) is -0.0759. The Balaban J connectivity index is 2.32. The van der Waals surface area contributed by atoms with Gasteiger partial charge < -0.3 is 29.1 Å². The van der Waals surface area contributed by atoms with Crippen molar-refractivity contribution < 1.29 is 24.2 Å². The van der Waals surface area contributed by atoms with Gasteiger partial charge in [0, 0.05) is 20.7 Å². The lowest BCUT2D eigenvalue weighted by molar-refractivity contribution is 0.112. The van der Waals surface area contributed by atoms with Gasteiger partial charge in [0.05, 0.1) is 19.0 Å². The van der Waals surface area contributed by atoms with E-state index >= 15 is 0 Å². The quantitative estimate of drug-likeness (QED) is 0.564. The predicted octanol–water partition coefficient (Wildman–Crippen LogP) is -0.0324. The second-order valence-corrected chi connectivity index (χ2v) is 6.83. The van der Waals surface area contributed by atoms with Crippen LogP contribution >= 0.6 is 7.60 Å². The number of anilines is 1. The third-order valence-electron chi connectivity index (χ3n) is 3.20. The number of rotatable bonds is 8. The first-order chi connectivity index (χ1) is 10.8. The second kappa shape index (κ2) is 7.33. The highest BCUT2D eigenvalue weighted by Crippen LogP contribution is 2.34. The Morgan fingerprint density at radius 2 is 2.09 bits per heavy atom. The van der Waals surface area contributed by atoms with Crippen LogP contribution in [0.4, 0.5) is 5.82 Å². The molecule has 0 aliphatic heterocycles. The molecule has 2 heterocycles. The molecule has 0 fully saturated rings. The van der Waals surface area contributed by atoms with Crippen molar-refractivity contribution in [1.29, 1.82) is 0 Å². The first-order valence-corrected chi connectivity index (χ1v) is 8.71. The molecular formula is C12H20N5O5P. The van der Waals surface area contributed by atoms with Crippen LogP contribution in [0.2, 0.25) is 0 Å². The molecule has 0 amide bonds. The average molecular weight is 345 g/mol. The molecule has 128 valence electrons. The molecule has 2 aromatic heterocycles. The van der Waals surface area contributed by atoms with Crippen molar-refractivity contribution in [3.63, 3.8) is 0 Å². The molecule has 11 heteroatoms. The van der Waals surface area contributed by atoms with Crippen LogP contribution in [0.1, 0.15) is 12.5 Å². The Morgan fingerprint density at radius 1 is 1.35 bits per heavy atom. The zero-order valence-corrected chi connectivity index (χ0v) is 13.8. The third-order valence-corrected chi connectivity index (χ3v) is 3.71. The third kappa shape index (κ3) is 4.46. The molecule has 0 bridgehead atoms. The normalized spacial score (nSPS) is 13.4. The molecule has 0 saturated carbocycles. The Labute approximate surface area is 132 Å². The van der Waals surface area contributed by atoms with E-state index in [0.29, 0.717) is 23.4 Å². The van der Waals surface area contributed by atoms with E-state index in [1.54, 1.807) is 10.9 Å². The van der Waals surface area contributed by atoms with Gasteiger partial charge >= 0.3 is 7.60 Å². The summed E-state index contributed by atoms with van der Waals surface area (Å²) in [4.78, 5) is 32.1. The maximum atomic E-state index is 10.9. The minimum Gasteiger partial charge on any atom is -0.396 e. The second-order valence-electron chi connectivity index (χ2n) is 5.25. The van der Waals surface area contributed by atoms with Crippen LogP contribution in [0.3, 0.4) is 0 Å². The number of aliphatic hydroxyl groups is 1. The van der Waals surface area contributed by atoms with Gasteiger partial charge in [-0.15, -0.1) is 0 Å². The Kier molecular flexibility index (Phi) is 5.66. The Bertz CT molecular complexity index is 700. The summed E-state index contributed by atoms with van der Waals surface area (Å²) >= 11 is 0. The summed E-state index contributed by atoms with van der Waals surface area (Å²) in [6, 6.07) is -0.346. The highest BCUT2D eigenvalue weighted by molar-refractivity contribution is 7.51. The number of fused-ring (bicyclic) bond motifs is 1. The topological polar surface area (TPSA) is 134 Å². The number of hydrogen-bond acceptors (Lipinski definition) is 7. The number of hydrogen-bond donors (Lipinski definition) is 3. The van der Waals surface area contributed by atoms with Gasteiger partial charge in [0.15, 0.2) is 11.5 Å². The van der Waals surface area contributed by atoms with E-state index in [2.05, 4.69) is 15.0 Å². The molecular weight excluding hydrogens is 325 g/mol. The molecule has 0 aliphatic carbocycles. The SMILES string of the molecule is CN(C)c1ncnc2ncn(C(CCO)COCP(=O)(O)O)c12. The van der Waals surface area contributed by atoms with Crippen molar-refractivity contribution in [3.05, 3.63) is 12.7 Å². The van der Waals surface area contributed by atoms with Crippen LogP contribution < -0.4 is 4.90 Å². The molecule has 10 nitrogen and oxygen atoms in total. The van der Waals surface area contributed by atoms with E-state index in [9.17, 15) is 9.67 Å².